The van der Waals surface area contributed by atoms with Gasteiger partial charge in [0.1, 0.15) is 0 Å². The molecule has 0 aromatic heterocycles. The van der Waals surface area contributed by atoms with E-state index in [0.717, 1.165) is 37.3 Å². The second-order valence-electron chi connectivity index (χ2n) is 6.11. The molecule has 2 unspecified atom stereocenters. The van der Waals surface area contributed by atoms with Crippen LogP contribution in [0.3, 0.4) is 0 Å². The van der Waals surface area contributed by atoms with Crippen molar-refractivity contribution in [3.63, 3.8) is 0 Å². The van der Waals surface area contributed by atoms with Crippen LogP contribution in [0.25, 0.3) is 0 Å². The molecule has 2 atom stereocenters. The van der Waals surface area contributed by atoms with E-state index >= 15 is 0 Å². The molecular formula is C14H26N2O. The Labute approximate surface area is 105 Å². The zero-order valence-corrected chi connectivity index (χ0v) is 11.0. The van der Waals surface area contributed by atoms with Crippen LogP contribution in [0.1, 0.15) is 39.0 Å². The van der Waals surface area contributed by atoms with Crippen LogP contribution >= 0.6 is 0 Å². The molecular weight excluding hydrogens is 212 g/mol. The lowest BCUT2D eigenvalue weighted by molar-refractivity contribution is 0.0352. The van der Waals surface area contributed by atoms with Gasteiger partial charge in [-0.25, -0.2) is 0 Å². The van der Waals surface area contributed by atoms with E-state index in [-0.39, 0.29) is 0 Å². The van der Waals surface area contributed by atoms with E-state index in [1.165, 1.54) is 45.2 Å². The van der Waals surface area contributed by atoms with Crippen molar-refractivity contribution in [3.8, 4) is 0 Å². The monoisotopic (exact) mass is 238 g/mol. The number of ether oxygens (including phenoxy) is 1. The Morgan fingerprint density at radius 2 is 1.82 bits per heavy atom. The summed E-state index contributed by atoms with van der Waals surface area (Å²) in [6.07, 6.45) is 6.69. The first kappa shape index (κ1) is 11.9. The Balaban J connectivity index is 1.46. The van der Waals surface area contributed by atoms with Gasteiger partial charge in [0.15, 0.2) is 0 Å². The van der Waals surface area contributed by atoms with Crippen molar-refractivity contribution in [2.24, 2.45) is 5.92 Å². The van der Waals surface area contributed by atoms with Gasteiger partial charge in [-0.3, -0.25) is 4.90 Å². The lowest BCUT2D eigenvalue weighted by Gasteiger charge is -2.34. The van der Waals surface area contributed by atoms with Gasteiger partial charge >= 0.3 is 0 Å². The Hall–Kier alpha value is -0.120. The highest BCUT2D eigenvalue weighted by atomic mass is 16.5. The van der Waals surface area contributed by atoms with Crippen molar-refractivity contribution in [1.82, 2.24) is 10.2 Å². The van der Waals surface area contributed by atoms with Crippen LogP contribution in [0.2, 0.25) is 0 Å². The topological polar surface area (TPSA) is 24.5 Å². The standard InChI is InChI=1S/C14H26N2O/c1-11(12-5-8-17-9-6-12)16-7-4-14(10-16)15-13-2-3-13/h11-15H,2-10H2,1H3. The molecule has 1 N–H and O–H groups in total. The smallest absolute Gasteiger partial charge is 0.0469 e. The minimum absolute atomic E-state index is 0.755. The first-order valence-corrected chi connectivity index (χ1v) is 7.41. The van der Waals surface area contributed by atoms with Crippen LogP contribution in [0.15, 0.2) is 0 Å². The highest BCUT2D eigenvalue weighted by molar-refractivity contribution is 4.92. The molecule has 0 radical (unpaired) electrons. The number of rotatable bonds is 4. The van der Waals surface area contributed by atoms with Gasteiger partial charge in [-0.1, -0.05) is 0 Å². The highest BCUT2D eigenvalue weighted by Crippen LogP contribution is 2.27. The van der Waals surface area contributed by atoms with Crippen molar-refractivity contribution in [1.29, 1.82) is 0 Å². The predicted molar refractivity (Wildman–Crippen MR) is 69.1 cm³/mol. The van der Waals surface area contributed by atoms with E-state index in [4.69, 9.17) is 4.74 Å². The summed E-state index contributed by atoms with van der Waals surface area (Å²) < 4.78 is 5.46. The van der Waals surface area contributed by atoms with E-state index in [1.807, 2.05) is 0 Å². The van der Waals surface area contributed by atoms with Crippen molar-refractivity contribution >= 4 is 0 Å². The summed E-state index contributed by atoms with van der Waals surface area (Å²) in [5.41, 5.74) is 0. The summed E-state index contributed by atoms with van der Waals surface area (Å²) in [5, 5.41) is 3.77. The molecule has 98 valence electrons. The highest BCUT2D eigenvalue weighted by Gasteiger charge is 2.33. The van der Waals surface area contributed by atoms with Crippen LogP contribution < -0.4 is 5.32 Å². The Morgan fingerprint density at radius 3 is 2.53 bits per heavy atom. The second kappa shape index (κ2) is 5.25. The van der Waals surface area contributed by atoms with Crippen LogP contribution in [-0.2, 0) is 4.74 Å². The summed E-state index contributed by atoms with van der Waals surface area (Å²) in [6.45, 7) is 6.95. The fourth-order valence-electron chi connectivity index (χ4n) is 3.37. The Bertz CT molecular complexity index is 249. The molecule has 0 aromatic carbocycles. The zero-order valence-electron chi connectivity index (χ0n) is 11.0. The zero-order chi connectivity index (χ0) is 11.7. The van der Waals surface area contributed by atoms with Gasteiger partial charge in [0, 0.05) is 44.4 Å². The van der Waals surface area contributed by atoms with Crippen molar-refractivity contribution < 1.29 is 4.74 Å². The molecule has 2 saturated heterocycles. The molecule has 0 bridgehead atoms. The van der Waals surface area contributed by atoms with Gasteiger partial charge in [0.25, 0.3) is 0 Å². The quantitative estimate of drug-likeness (QED) is 0.805. The summed E-state index contributed by atoms with van der Waals surface area (Å²) in [4.78, 5) is 2.70. The SMILES string of the molecule is CC(C1CCOCC1)N1CCC(NC2CC2)C1. The molecule has 1 aliphatic carbocycles. The average Bonchev–Trinajstić information content (AvgIpc) is 3.06. The van der Waals surface area contributed by atoms with E-state index in [0.29, 0.717) is 0 Å². The molecule has 1 saturated carbocycles. The second-order valence-corrected chi connectivity index (χ2v) is 6.11. The number of nitrogens with zero attached hydrogens (tertiary/aromatic N) is 1. The molecule has 3 aliphatic rings. The van der Waals surface area contributed by atoms with Crippen molar-refractivity contribution in [2.45, 2.75) is 57.2 Å². The molecule has 3 fully saturated rings. The molecule has 3 heteroatoms. The first-order valence-electron chi connectivity index (χ1n) is 7.41. The lowest BCUT2D eigenvalue weighted by atomic mass is 9.92. The van der Waals surface area contributed by atoms with E-state index in [2.05, 4.69) is 17.1 Å². The molecule has 0 aromatic rings. The van der Waals surface area contributed by atoms with Gasteiger partial charge in [0.2, 0.25) is 0 Å². The van der Waals surface area contributed by atoms with Crippen LogP contribution in [-0.4, -0.2) is 49.3 Å². The maximum atomic E-state index is 5.46. The van der Waals surface area contributed by atoms with Crippen LogP contribution in [0, 0.1) is 5.92 Å². The molecule has 3 nitrogen and oxygen atoms in total. The largest absolute Gasteiger partial charge is 0.381 e. The third-order valence-electron chi connectivity index (χ3n) is 4.79. The average molecular weight is 238 g/mol. The minimum atomic E-state index is 0.755. The molecule has 2 heterocycles. The summed E-state index contributed by atoms with van der Waals surface area (Å²) >= 11 is 0. The molecule has 0 spiro atoms. The first-order chi connectivity index (χ1) is 8.33. The van der Waals surface area contributed by atoms with E-state index in [9.17, 15) is 0 Å². The van der Waals surface area contributed by atoms with Gasteiger partial charge in [-0.2, -0.15) is 0 Å². The predicted octanol–water partition coefficient (Wildman–Crippen LogP) is 1.63. The maximum Gasteiger partial charge on any atom is 0.0469 e. The summed E-state index contributed by atoms with van der Waals surface area (Å²) in [7, 11) is 0. The van der Waals surface area contributed by atoms with Gasteiger partial charge in [-0.05, 0) is 44.9 Å². The normalized spacial score (nSPS) is 34.1. The molecule has 0 amide bonds. The van der Waals surface area contributed by atoms with Crippen molar-refractivity contribution in [3.05, 3.63) is 0 Å². The number of hydrogen-bond donors (Lipinski definition) is 1. The van der Waals surface area contributed by atoms with E-state index < -0.39 is 0 Å². The third kappa shape index (κ3) is 3.01. The fourth-order valence-corrected chi connectivity index (χ4v) is 3.37. The van der Waals surface area contributed by atoms with Gasteiger partial charge in [-0.15, -0.1) is 0 Å². The molecule has 3 rings (SSSR count). The van der Waals surface area contributed by atoms with Gasteiger partial charge in [0.05, 0.1) is 0 Å². The van der Waals surface area contributed by atoms with E-state index in [1.54, 1.807) is 0 Å². The summed E-state index contributed by atoms with van der Waals surface area (Å²) in [5.74, 6) is 0.864. The van der Waals surface area contributed by atoms with Gasteiger partial charge < -0.3 is 10.1 Å². The van der Waals surface area contributed by atoms with Crippen LogP contribution in [0.4, 0.5) is 0 Å². The third-order valence-corrected chi connectivity index (χ3v) is 4.79. The van der Waals surface area contributed by atoms with Crippen LogP contribution in [0.5, 0.6) is 0 Å². The Morgan fingerprint density at radius 1 is 1.06 bits per heavy atom. The summed E-state index contributed by atoms with van der Waals surface area (Å²) in [6, 6.07) is 2.38. The number of nitrogens with one attached hydrogen (secondary N) is 1. The number of likely N-dealkylation sites (tertiary alicyclic amines) is 1. The minimum Gasteiger partial charge on any atom is -0.381 e. The number of hydrogen-bond acceptors (Lipinski definition) is 3. The van der Waals surface area contributed by atoms with Crippen molar-refractivity contribution in [2.75, 3.05) is 26.3 Å². The fraction of sp³-hybridized carbons (Fsp3) is 1.00. The molecule has 2 aliphatic heterocycles. The Kier molecular flexibility index (Phi) is 3.69. The molecule has 17 heavy (non-hydrogen) atoms. The maximum absolute atomic E-state index is 5.46. The lowest BCUT2D eigenvalue weighted by Crippen LogP contribution is -2.41.